The van der Waals surface area contributed by atoms with Crippen molar-refractivity contribution in [1.82, 2.24) is 10.2 Å². The number of nitrogens with zero attached hydrogens (tertiary/aromatic N) is 1. The Hall–Kier alpha value is -0.0500. The van der Waals surface area contributed by atoms with E-state index in [9.17, 15) is 0 Å². The first kappa shape index (κ1) is 12.0. The Balaban J connectivity index is 2.21. The summed E-state index contributed by atoms with van der Waals surface area (Å²) in [5.41, 5.74) is 2.05. The van der Waals surface area contributed by atoms with Crippen LogP contribution in [0.25, 0.3) is 0 Å². The summed E-state index contributed by atoms with van der Waals surface area (Å²) < 4.78 is 0. The van der Waals surface area contributed by atoms with Gasteiger partial charge in [0, 0.05) is 18.6 Å². The quantitative estimate of drug-likeness (QED) is 0.724. The van der Waals surface area contributed by atoms with Gasteiger partial charge in [-0.25, -0.2) is 0 Å². The highest BCUT2D eigenvalue weighted by Crippen LogP contribution is 2.29. The molecule has 0 radical (unpaired) electrons. The Bertz CT molecular complexity index is 184. The molecule has 1 N–H and O–H groups in total. The van der Waals surface area contributed by atoms with Crippen LogP contribution in [0, 0.1) is 5.41 Å². The summed E-state index contributed by atoms with van der Waals surface area (Å²) >= 11 is 5.45. The number of likely N-dealkylation sites (tertiary alicyclic amines) is 1. The summed E-state index contributed by atoms with van der Waals surface area (Å²) in [5.74, 6) is 0. The molecule has 0 atom stereocenters. The van der Waals surface area contributed by atoms with E-state index in [-0.39, 0.29) is 0 Å². The number of nitrogens with one attached hydrogen (secondary N) is 1. The van der Waals surface area contributed by atoms with Crippen molar-refractivity contribution >= 4 is 11.6 Å². The van der Waals surface area contributed by atoms with Gasteiger partial charge in [0.05, 0.1) is 0 Å². The van der Waals surface area contributed by atoms with Crippen LogP contribution in [0.2, 0.25) is 0 Å². The van der Waals surface area contributed by atoms with E-state index in [0.717, 1.165) is 13.1 Å². The average molecular weight is 217 g/mol. The molecule has 0 bridgehead atoms. The lowest BCUT2D eigenvalue weighted by molar-refractivity contribution is 0.138. The van der Waals surface area contributed by atoms with Crippen molar-refractivity contribution in [2.45, 2.75) is 19.8 Å². The lowest BCUT2D eigenvalue weighted by Crippen LogP contribution is -2.42. The molecule has 14 heavy (non-hydrogen) atoms. The van der Waals surface area contributed by atoms with Gasteiger partial charge in [0.1, 0.15) is 0 Å². The molecule has 0 aromatic rings. The van der Waals surface area contributed by atoms with Crippen molar-refractivity contribution in [3.63, 3.8) is 0 Å². The Morgan fingerprint density at radius 1 is 1.43 bits per heavy atom. The van der Waals surface area contributed by atoms with E-state index < -0.39 is 0 Å². The van der Waals surface area contributed by atoms with Gasteiger partial charge in [0.25, 0.3) is 0 Å². The molecule has 3 heteroatoms. The molecule has 0 amide bonds. The highest BCUT2D eigenvalue weighted by atomic mass is 35.5. The van der Waals surface area contributed by atoms with Gasteiger partial charge in [0.15, 0.2) is 0 Å². The number of hydrogen-bond donors (Lipinski definition) is 1. The Labute approximate surface area is 92.3 Å². The first-order valence-electron chi connectivity index (χ1n) is 5.31. The molecule has 0 aromatic heterocycles. The van der Waals surface area contributed by atoms with Crippen LogP contribution in [-0.4, -0.2) is 38.1 Å². The van der Waals surface area contributed by atoms with Crippen molar-refractivity contribution in [3.05, 3.63) is 11.6 Å². The van der Waals surface area contributed by atoms with Crippen molar-refractivity contribution in [2.24, 2.45) is 5.41 Å². The van der Waals surface area contributed by atoms with E-state index in [1.807, 2.05) is 6.08 Å². The molecule has 2 nitrogen and oxygen atoms in total. The van der Waals surface area contributed by atoms with Crippen molar-refractivity contribution in [3.8, 4) is 0 Å². The van der Waals surface area contributed by atoms with E-state index in [2.05, 4.69) is 24.2 Å². The van der Waals surface area contributed by atoms with E-state index in [1.54, 1.807) is 5.54 Å². The van der Waals surface area contributed by atoms with Gasteiger partial charge in [-0.3, -0.25) is 0 Å². The van der Waals surface area contributed by atoms with Crippen LogP contribution in [0.5, 0.6) is 0 Å². The van der Waals surface area contributed by atoms with Gasteiger partial charge >= 0.3 is 0 Å². The zero-order valence-electron chi connectivity index (χ0n) is 9.22. The highest BCUT2D eigenvalue weighted by Gasteiger charge is 2.27. The van der Waals surface area contributed by atoms with Gasteiger partial charge in [-0.1, -0.05) is 24.6 Å². The van der Waals surface area contributed by atoms with Gasteiger partial charge in [-0.2, -0.15) is 0 Å². The third-order valence-electron chi connectivity index (χ3n) is 3.10. The van der Waals surface area contributed by atoms with Crippen molar-refractivity contribution in [2.75, 3.05) is 33.2 Å². The number of halogens is 1. The predicted octanol–water partition coefficient (Wildman–Crippen LogP) is 2.06. The van der Waals surface area contributed by atoms with Crippen molar-refractivity contribution < 1.29 is 0 Å². The Morgan fingerprint density at radius 3 is 2.64 bits per heavy atom. The molecule has 1 aliphatic heterocycles. The SMILES string of the molecule is CN1CCC(C)(CNC/C=C/Cl)CC1. The first-order chi connectivity index (χ1) is 6.66. The van der Waals surface area contributed by atoms with E-state index in [0.29, 0.717) is 5.41 Å². The summed E-state index contributed by atoms with van der Waals surface area (Å²) in [7, 11) is 2.20. The zero-order chi connectivity index (χ0) is 10.4. The number of hydrogen-bond acceptors (Lipinski definition) is 2. The van der Waals surface area contributed by atoms with Gasteiger partial charge in [-0.15, -0.1) is 0 Å². The summed E-state index contributed by atoms with van der Waals surface area (Å²) in [6, 6.07) is 0. The molecule has 1 heterocycles. The second kappa shape index (κ2) is 5.74. The zero-order valence-corrected chi connectivity index (χ0v) is 9.98. The molecule has 1 fully saturated rings. The first-order valence-corrected chi connectivity index (χ1v) is 5.74. The van der Waals surface area contributed by atoms with Crippen LogP contribution in [0.15, 0.2) is 11.6 Å². The minimum Gasteiger partial charge on any atom is -0.313 e. The maximum absolute atomic E-state index is 5.45. The molecule has 0 saturated carbocycles. The topological polar surface area (TPSA) is 15.3 Å². The monoisotopic (exact) mass is 216 g/mol. The Kier molecular flexibility index (Phi) is 4.93. The standard InChI is InChI=1S/C11H21ClN2/c1-11(10-13-7-3-6-12)4-8-14(2)9-5-11/h3,6,13H,4-5,7-10H2,1-2H3/b6-3+. The van der Waals surface area contributed by atoms with Crippen LogP contribution in [0.4, 0.5) is 0 Å². The van der Waals surface area contributed by atoms with Crippen molar-refractivity contribution in [1.29, 1.82) is 0 Å². The molecular formula is C11H21ClN2. The van der Waals surface area contributed by atoms with E-state index in [1.165, 1.54) is 25.9 Å². The smallest absolute Gasteiger partial charge is 0.0146 e. The molecule has 1 rings (SSSR count). The van der Waals surface area contributed by atoms with Crippen LogP contribution in [-0.2, 0) is 0 Å². The van der Waals surface area contributed by atoms with Gasteiger partial charge < -0.3 is 10.2 Å². The Morgan fingerprint density at radius 2 is 2.07 bits per heavy atom. The maximum atomic E-state index is 5.45. The minimum absolute atomic E-state index is 0.479. The number of rotatable bonds is 4. The predicted molar refractivity (Wildman–Crippen MR) is 62.7 cm³/mol. The van der Waals surface area contributed by atoms with Crippen LogP contribution in [0.3, 0.4) is 0 Å². The number of piperidine rings is 1. The lowest BCUT2D eigenvalue weighted by Gasteiger charge is -2.38. The third-order valence-corrected chi connectivity index (χ3v) is 3.28. The molecule has 1 aliphatic rings. The van der Waals surface area contributed by atoms with E-state index >= 15 is 0 Å². The van der Waals surface area contributed by atoms with Crippen LogP contribution < -0.4 is 5.32 Å². The molecule has 82 valence electrons. The molecule has 0 aliphatic carbocycles. The highest BCUT2D eigenvalue weighted by molar-refractivity contribution is 6.25. The minimum atomic E-state index is 0.479. The molecule has 0 unspecified atom stereocenters. The molecule has 1 saturated heterocycles. The lowest BCUT2D eigenvalue weighted by atomic mass is 9.80. The molecule has 0 spiro atoms. The average Bonchev–Trinajstić information content (AvgIpc) is 2.18. The van der Waals surface area contributed by atoms with Crippen LogP contribution >= 0.6 is 11.6 Å². The fourth-order valence-corrected chi connectivity index (χ4v) is 1.93. The van der Waals surface area contributed by atoms with Gasteiger partial charge in [-0.05, 0) is 38.4 Å². The van der Waals surface area contributed by atoms with Gasteiger partial charge in [0.2, 0.25) is 0 Å². The molecule has 0 aromatic carbocycles. The largest absolute Gasteiger partial charge is 0.313 e. The summed E-state index contributed by atoms with van der Waals surface area (Å²) in [5, 5.41) is 3.42. The van der Waals surface area contributed by atoms with Crippen LogP contribution in [0.1, 0.15) is 19.8 Å². The van der Waals surface area contributed by atoms with E-state index in [4.69, 9.17) is 11.6 Å². The summed E-state index contributed by atoms with van der Waals surface area (Å²) in [6.07, 6.45) is 4.53. The fraction of sp³-hybridized carbons (Fsp3) is 0.818. The molecular weight excluding hydrogens is 196 g/mol. The normalized spacial score (nSPS) is 23.1. The maximum Gasteiger partial charge on any atom is 0.0146 e. The fourth-order valence-electron chi connectivity index (χ4n) is 1.84. The third kappa shape index (κ3) is 3.99. The summed E-state index contributed by atoms with van der Waals surface area (Å²) in [4.78, 5) is 2.40. The summed E-state index contributed by atoms with van der Waals surface area (Å²) in [6.45, 7) is 6.81. The second-order valence-corrected chi connectivity index (χ2v) is 4.86. The second-order valence-electron chi connectivity index (χ2n) is 4.61.